The molecule has 0 fully saturated rings. The predicted molar refractivity (Wildman–Crippen MR) is 135 cm³/mol. The van der Waals surface area contributed by atoms with Crippen molar-refractivity contribution >= 4 is 17.9 Å². The van der Waals surface area contributed by atoms with Crippen molar-refractivity contribution in [2.45, 2.75) is 27.7 Å². The van der Waals surface area contributed by atoms with E-state index in [2.05, 4.69) is 13.2 Å². The van der Waals surface area contributed by atoms with Gasteiger partial charge in [-0.2, -0.15) is 0 Å². The van der Waals surface area contributed by atoms with Gasteiger partial charge < -0.3 is 23.7 Å². The van der Waals surface area contributed by atoms with Crippen LogP contribution in [-0.4, -0.2) is 44.3 Å². The van der Waals surface area contributed by atoms with E-state index in [1.165, 1.54) is 13.0 Å². The topological polar surface area (TPSA) is 97.4 Å². The number of rotatable bonds is 13. The van der Waals surface area contributed by atoms with Crippen molar-refractivity contribution in [1.82, 2.24) is 0 Å². The third-order valence-electron chi connectivity index (χ3n) is 4.72. The molecule has 0 unspecified atom stereocenters. The molecule has 0 heterocycles. The number of benzene rings is 2. The Balaban J connectivity index is 2.21. The molecule has 0 aromatic heterocycles. The van der Waals surface area contributed by atoms with Crippen LogP contribution in [0.3, 0.4) is 0 Å². The summed E-state index contributed by atoms with van der Waals surface area (Å²) in [7, 11) is 0. The molecule has 2 aromatic carbocycles. The van der Waals surface area contributed by atoms with Crippen LogP contribution in [0.2, 0.25) is 0 Å². The van der Waals surface area contributed by atoms with E-state index >= 15 is 4.39 Å². The standard InChI is InChI=1S/C28H31FO8/c1-17(2)26(30)35-13-11-33-24-16-21(20-7-9-22(10-8-20)37-28(32)19(5)6)15-23(29)25(24)34-12-14-36-27(31)18(3)4/h7-10,15-17H,3,5,11-14H2,1-2,4,6H3. The summed E-state index contributed by atoms with van der Waals surface area (Å²) in [5.74, 6) is -2.33. The van der Waals surface area contributed by atoms with E-state index in [4.69, 9.17) is 23.7 Å². The fourth-order valence-electron chi connectivity index (χ4n) is 2.75. The Morgan fingerprint density at radius 3 is 2.00 bits per heavy atom. The number of esters is 3. The maximum absolute atomic E-state index is 15.1. The summed E-state index contributed by atoms with van der Waals surface area (Å²) in [6.45, 7) is 13.2. The van der Waals surface area contributed by atoms with E-state index in [9.17, 15) is 14.4 Å². The highest BCUT2D eigenvalue weighted by atomic mass is 19.1. The van der Waals surface area contributed by atoms with Gasteiger partial charge in [0.15, 0.2) is 17.3 Å². The lowest BCUT2D eigenvalue weighted by molar-refractivity contribution is -0.148. The summed E-state index contributed by atoms with van der Waals surface area (Å²) in [5.41, 5.74) is 1.57. The van der Waals surface area contributed by atoms with Crippen molar-refractivity contribution in [3.8, 4) is 28.4 Å². The van der Waals surface area contributed by atoms with Crippen molar-refractivity contribution in [2.75, 3.05) is 26.4 Å². The largest absolute Gasteiger partial charge is 0.486 e. The summed E-state index contributed by atoms with van der Waals surface area (Å²) in [4.78, 5) is 34.9. The molecule has 0 spiro atoms. The molecule has 0 radical (unpaired) electrons. The Morgan fingerprint density at radius 1 is 0.811 bits per heavy atom. The average molecular weight is 515 g/mol. The van der Waals surface area contributed by atoms with Crippen LogP contribution in [0.15, 0.2) is 60.7 Å². The summed E-state index contributed by atoms with van der Waals surface area (Å²) >= 11 is 0. The summed E-state index contributed by atoms with van der Waals surface area (Å²) < 4.78 is 41.6. The van der Waals surface area contributed by atoms with Crippen molar-refractivity contribution in [1.29, 1.82) is 0 Å². The highest BCUT2D eigenvalue weighted by Gasteiger charge is 2.17. The monoisotopic (exact) mass is 514 g/mol. The van der Waals surface area contributed by atoms with Crippen LogP contribution in [0.25, 0.3) is 11.1 Å². The minimum absolute atomic E-state index is 0.0404. The second-order valence-electron chi connectivity index (χ2n) is 8.41. The van der Waals surface area contributed by atoms with Gasteiger partial charge >= 0.3 is 17.9 Å². The van der Waals surface area contributed by atoms with Gasteiger partial charge in [-0.1, -0.05) is 39.1 Å². The fourth-order valence-corrected chi connectivity index (χ4v) is 2.75. The molecule has 0 amide bonds. The molecule has 9 heteroatoms. The Bertz CT molecular complexity index is 1150. The van der Waals surface area contributed by atoms with Gasteiger partial charge in [0, 0.05) is 11.1 Å². The molecule has 8 nitrogen and oxygen atoms in total. The molecule has 0 aliphatic rings. The minimum atomic E-state index is -0.712. The number of hydrogen-bond acceptors (Lipinski definition) is 8. The van der Waals surface area contributed by atoms with E-state index in [-0.39, 0.29) is 61.0 Å². The smallest absolute Gasteiger partial charge is 0.338 e. The van der Waals surface area contributed by atoms with Crippen molar-refractivity contribution < 1.29 is 42.5 Å². The van der Waals surface area contributed by atoms with E-state index in [1.54, 1.807) is 51.1 Å². The second kappa shape index (κ2) is 13.8. The molecule has 0 aliphatic heterocycles. The van der Waals surface area contributed by atoms with Crippen LogP contribution < -0.4 is 14.2 Å². The number of carbonyl (C=O) groups is 3. The quantitative estimate of drug-likeness (QED) is 0.159. The molecule has 2 aromatic rings. The molecule has 2 rings (SSSR count). The first-order valence-electron chi connectivity index (χ1n) is 11.6. The highest BCUT2D eigenvalue weighted by Crippen LogP contribution is 2.36. The van der Waals surface area contributed by atoms with Gasteiger partial charge in [0.25, 0.3) is 0 Å². The lowest BCUT2D eigenvalue weighted by Gasteiger charge is -2.16. The van der Waals surface area contributed by atoms with Crippen LogP contribution in [0.4, 0.5) is 4.39 Å². The number of hydrogen-bond donors (Lipinski definition) is 0. The molecule has 0 atom stereocenters. The minimum Gasteiger partial charge on any atom is -0.486 e. The number of carbonyl (C=O) groups excluding carboxylic acids is 3. The van der Waals surface area contributed by atoms with Gasteiger partial charge in [0.2, 0.25) is 0 Å². The predicted octanol–water partition coefficient (Wildman–Crippen LogP) is 5.05. The molecular formula is C28H31FO8. The SMILES string of the molecule is C=C(C)C(=O)OCCOc1c(F)cc(-c2ccc(OC(=O)C(=C)C)cc2)cc1OCCOC(=O)C(C)C. The van der Waals surface area contributed by atoms with Gasteiger partial charge in [0.05, 0.1) is 5.92 Å². The van der Waals surface area contributed by atoms with Crippen LogP contribution in [0.1, 0.15) is 27.7 Å². The van der Waals surface area contributed by atoms with Crippen molar-refractivity contribution in [2.24, 2.45) is 5.92 Å². The third-order valence-corrected chi connectivity index (χ3v) is 4.72. The summed E-state index contributed by atoms with van der Waals surface area (Å²) in [6, 6.07) is 9.27. The van der Waals surface area contributed by atoms with Gasteiger partial charge in [0.1, 0.15) is 32.2 Å². The first kappa shape index (κ1) is 29.1. The summed E-state index contributed by atoms with van der Waals surface area (Å²) in [5, 5.41) is 0. The van der Waals surface area contributed by atoms with Crippen molar-refractivity contribution in [3.63, 3.8) is 0 Å². The van der Waals surface area contributed by atoms with Crippen molar-refractivity contribution in [3.05, 3.63) is 66.5 Å². The van der Waals surface area contributed by atoms with E-state index < -0.39 is 17.8 Å². The van der Waals surface area contributed by atoms with Gasteiger partial charge in [-0.05, 0) is 49.2 Å². The molecular weight excluding hydrogens is 483 g/mol. The third kappa shape index (κ3) is 9.10. The Kier molecular flexibility index (Phi) is 10.9. The maximum Gasteiger partial charge on any atom is 0.338 e. The van der Waals surface area contributed by atoms with E-state index in [0.29, 0.717) is 16.9 Å². The number of halogens is 1. The maximum atomic E-state index is 15.1. The van der Waals surface area contributed by atoms with Crippen LogP contribution >= 0.6 is 0 Å². The Labute approximate surface area is 215 Å². The van der Waals surface area contributed by atoms with Crippen LogP contribution in [0, 0.1) is 11.7 Å². The van der Waals surface area contributed by atoms with Gasteiger partial charge in [-0.25, -0.2) is 14.0 Å². The zero-order chi connectivity index (χ0) is 27.5. The Morgan fingerprint density at radius 2 is 1.41 bits per heavy atom. The zero-order valence-electron chi connectivity index (χ0n) is 21.4. The molecule has 0 aliphatic carbocycles. The lowest BCUT2D eigenvalue weighted by atomic mass is 10.0. The van der Waals surface area contributed by atoms with Gasteiger partial charge in [-0.3, -0.25) is 4.79 Å². The van der Waals surface area contributed by atoms with E-state index in [1.807, 2.05) is 0 Å². The van der Waals surface area contributed by atoms with Gasteiger partial charge in [-0.15, -0.1) is 0 Å². The molecule has 0 N–H and O–H groups in total. The summed E-state index contributed by atoms with van der Waals surface area (Å²) in [6.07, 6.45) is 0. The van der Waals surface area contributed by atoms with Crippen LogP contribution in [-0.2, 0) is 23.9 Å². The molecule has 0 saturated carbocycles. The normalized spacial score (nSPS) is 10.4. The zero-order valence-corrected chi connectivity index (χ0v) is 21.4. The Hall–Kier alpha value is -4.14. The molecule has 0 saturated heterocycles. The fraction of sp³-hybridized carbons (Fsp3) is 0.321. The second-order valence-corrected chi connectivity index (χ2v) is 8.41. The molecule has 0 bridgehead atoms. The molecule has 198 valence electrons. The number of ether oxygens (including phenoxy) is 5. The first-order valence-corrected chi connectivity index (χ1v) is 11.6. The first-order chi connectivity index (χ1) is 17.5. The average Bonchev–Trinajstić information content (AvgIpc) is 2.85. The lowest BCUT2D eigenvalue weighted by Crippen LogP contribution is -2.17. The molecule has 37 heavy (non-hydrogen) atoms. The van der Waals surface area contributed by atoms with E-state index in [0.717, 1.165) is 0 Å². The highest BCUT2D eigenvalue weighted by molar-refractivity contribution is 5.89. The van der Waals surface area contributed by atoms with Crippen LogP contribution in [0.5, 0.6) is 17.2 Å².